The summed E-state index contributed by atoms with van der Waals surface area (Å²) in [6.07, 6.45) is 24.3. The average Bonchev–Trinajstić information content (AvgIpc) is 2.54. The lowest BCUT2D eigenvalue weighted by Gasteiger charge is -2.28. The highest BCUT2D eigenvalue weighted by Gasteiger charge is 2.20. The Morgan fingerprint density at radius 2 is 1.38 bits per heavy atom. The topological polar surface area (TPSA) is 0 Å². The summed E-state index contributed by atoms with van der Waals surface area (Å²) in [7, 11) is 0. The summed E-state index contributed by atoms with van der Waals surface area (Å²) in [5.41, 5.74) is 0. The van der Waals surface area contributed by atoms with Crippen LogP contribution in [-0.4, -0.2) is 0 Å². The van der Waals surface area contributed by atoms with Gasteiger partial charge in [-0.1, -0.05) is 63.7 Å². The lowest BCUT2D eigenvalue weighted by atomic mass is 9.78. The SMILES string of the molecule is C=C[C@H]1CC[C@H](/C=C/CC[C@H]2CC[C@H](CCC)CC2)CC1. The molecule has 2 aliphatic rings. The van der Waals surface area contributed by atoms with Crippen molar-refractivity contribution in [3.63, 3.8) is 0 Å². The van der Waals surface area contributed by atoms with Crippen LogP contribution < -0.4 is 0 Å². The van der Waals surface area contributed by atoms with E-state index in [-0.39, 0.29) is 0 Å². The first-order valence-electron chi connectivity index (χ1n) is 9.61. The van der Waals surface area contributed by atoms with Crippen LogP contribution in [0, 0.1) is 23.7 Å². The van der Waals surface area contributed by atoms with Crippen molar-refractivity contribution in [2.75, 3.05) is 0 Å². The Morgan fingerprint density at radius 3 is 1.95 bits per heavy atom. The monoisotopic (exact) mass is 288 g/mol. The van der Waals surface area contributed by atoms with Gasteiger partial charge in [0.2, 0.25) is 0 Å². The minimum absolute atomic E-state index is 0.799. The van der Waals surface area contributed by atoms with Gasteiger partial charge in [-0.05, 0) is 62.2 Å². The molecule has 0 atom stereocenters. The zero-order valence-corrected chi connectivity index (χ0v) is 14.2. The minimum atomic E-state index is 0.799. The highest BCUT2D eigenvalue weighted by molar-refractivity contribution is 4.94. The highest BCUT2D eigenvalue weighted by atomic mass is 14.3. The second-order valence-corrected chi connectivity index (χ2v) is 7.59. The fraction of sp³-hybridized carbons (Fsp3) is 0.810. The summed E-state index contributed by atoms with van der Waals surface area (Å²) in [5.74, 6) is 3.75. The van der Waals surface area contributed by atoms with Crippen LogP contribution in [0.25, 0.3) is 0 Å². The van der Waals surface area contributed by atoms with Crippen molar-refractivity contribution >= 4 is 0 Å². The van der Waals surface area contributed by atoms with E-state index >= 15 is 0 Å². The molecule has 2 aliphatic carbocycles. The van der Waals surface area contributed by atoms with Crippen LogP contribution in [0.5, 0.6) is 0 Å². The van der Waals surface area contributed by atoms with E-state index in [2.05, 4.69) is 31.7 Å². The van der Waals surface area contributed by atoms with E-state index in [1.807, 2.05) is 0 Å². The molecule has 2 saturated carbocycles. The molecular formula is C21H36. The Morgan fingerprint density at radius 1 is 0.810 bits per heavy atom. The van der Waals surface area contributed by atoms with Gasteiger partial charge in [0.15, 0.2) is 0 Å². The van der Waals surface area contributed by atoms with Crippen molar-refractivity contribution in [1.29, 1.82) is 0 Å². The zero-order chi connectivity index (χ0) is 14.9. The van der Waals surface area contributed by atoms with E-state index in [1.54, 1.807) is 0 Å². The molecule has 120 valence electrons. The number of allylic oxidation sites excluding steroid dienone is 3. The van der Waals surface area contributed by atoms with Crippen molar-refractivity contribution in [3.05, 3.63) is 24.8 Å². The highest BCUT2D eigenvalue weighted by Crippen LogP contribution is 2.34. The first kappa shape index (κ1) is 16.8. The van der Waals surface area contributed by atoms with Gasteiger partial charge >= 0.3 is 0 Å². The molecule has 0 amide bonds. The van der Waals surface area contributed by atoms with Crippen LogP contribution in [0.3, 0.4) is 0 Å². The Balaban J connectivity index is 1.55. The summed E-state index contributed by atoms with van der Waals surface area (Å²) in [5, 5.41) is 0. The van der Waals surface area contributed by atoms with Crippen molar-refractivity contribution in [1.82, 2.24) is 0 Å². The van der Waals surface area contributed by atoms with Gasteiger partial charge in [-0.3, -0.25) is 0 Å². The van der Waals surface area contributed by atoms with Gasteiger partial charge < -0.3 is 0 Å². The maximum absolute atomic E-state index is 3.94. The predicted molar refractivity (Wildman–Crippen MR) is 94.4 cm³/mol. The summed E-state index contributed by atoms with van der Waals surface area (Å²) in [4.78, 5) is 0. The van der Waals surface area contributed by atoms with Gasteiger partial charge in [0.05, 0.1) is 0 Å². The summed E-state index contributed by atoms with van der Waals surface area (Å²) >= 11 is 0. The van der Waals surface area contributed by atoms with Crippen LogP contribution in [0.4, 0.5) is 0 Å². The van der Waals surface area contributed by atoms with Gasteiger partial charge in [-0.25, -0.2) is 0 Å². The first-order chi connectivity index (χ1) is 10.3. The van der Waals surface area contributed by atoms with E-state index < -0.39 is 0 Å². The lowest BCUT2D eigenvalue weighted by Crippen LogP contribution is -2.14. The molecule has 0 aromatic carbocycles. The Labute approximate surface area is 133 Å². The second kappa shape index (κ2) is 9.49. The molecule has 0 heteroatoms. The van der Waals surface area contributed by atoms with Crippen LogP contribution in [0.1, 0.15) is 84.0 Å². The Bertz CT molecular complexity index is 298. The molecule has 0 unspecified atom stereocenters. The third-order valence-corrected chi connectivity index (χ3v) is 5.96. The van der Waals surface area contributed by atoms with Gasteiger partial charge in [-0.2, -0.15) is 0 Å². The predicted octanol–water partition coefficient (Wildman–Crippen LogP) is 6.92. The molecule has 0 saturated heterocycles. The van der Waals surface area contributed by atoms with Crippen molar-refractivity contribution in [2.24, 2.45) is 23.7 Å². The van der Waals surface area contributed by atoms with Crippen molar-refractivity contribution in [2.45, 2.75) is 84.0 Å². The molecule has 0 N–H and O–H groups in total. The third-order valence-electron chi connectivity index (χ3n) is 5.96. The van der Waals surface area contributed by atoms with E-state index in [9.17, 15) is 0 Å². The maximum atomic E-state index is 3.94. The minimum Gasteiger partial charge on any atom is -0.103 e. The molecular weight excluding hydrogens is 252 g/mol. The van der Waals surface area contributed by atoms with E-state index in [1.165, 1.54) is 77.0 Å². The molecule has 2 rings (SSSR count). The molecule has 2 fully saturated rings. The number of hydrogen-bond donors (Lipinski definition) is 0. The van der Waals surface area contributed by atoms with Crippen molar-refractivity contribution in [3.8, 4) is 0 Å². The second-order valence-electron chi connectivity index (χ2n) is 7.59. The molecule has 0 nitrogen and oxygen atoms in total. The first-order valence-corrected chi connectivity index (χ1v) is 9.61. The molecule has 0 spiro atoms. The molecule has 0 aliphatic heterocycles. The molecule has 0 aromatic heterocycles. The summed E-state index contributed by atoms with van der Waals surface area (Å²) < 4.78 is 0. The van der Waals surface area contributed by atoms with Gasteiger partial charge in [0.25, 0.3) is 0 Å². The normalized spacial score (nSPS) is 34.1. The average molecular weight is 289 g/mol. The number of rotatable bonds is 7. The fourth-order valence-corrected chi connectivity index (χ4v) is 4.41. The number of hydrogen-bond acceptors (Lipinski definition) is 0. The Kier molecular flexibility index (Phi) is 7.61. The van der Waals surface area contributed by atoms with Gasteiger partial charge in [0.1, 0.15) is 0 Å². The van der Waals surface area contributed by atoms with Crippen LogP contribution in [-0.2, 0) is 0 Å². The summed E-state index contributed by atoms with van der Waals surface area (Å²) in [6.45, 7) is 6.27. The van der Waals surface area contributed by atoms with Crippen LogP contribution in [0.2, 0.25) is 0 Å². The molecule has 21 heavy (non-hydrogen) atoms. The van der Waals surface area contributed by atoms with Gasteiger partial charge in [0, 0.05) is 0 Å². The van der Waals surface area contributed by atoms with E-state index in [0.29, 0.717) is 0 Å². The largest absolute Gasteiger partial charge is 0.103 e. The maximum Gasteiger partial charge on any atom is -0.0233 e. The van der Waals surface area contributed by atoms with Crippen molar-refractivity contribution < 1.29 is 0 Å². The lowest BCUT2D eigenvalue weighted by molar-refractivity contribution is 0.253. The smallest absolute Gasteiger partial charge is 0.0233 e. The van der Waals surface area contributed by atoms with Crippen LogP contribution >= 0.6 is 0 Å². The Hall–Kier alpha value is -0.520. The van der Waals surface area contributed by atoms with E-state index in [4.69, 9.17) is 0 Å². The van der Waals surface area contributed by atoms with E-state index in [0.717, 1.165) is 23.7 Å². The standard InChI is InChI=1S/C21H36/c1-3-7-19-14-16-21(17-15-19)9-6-5-8-20-12-10-18(4-2)11-13-20/h4-5,8,18-21H,2-3,6-7,9-17H2,1H3/b8-5+/t18-,19-,20-,21-. The van der Waals surface area contributed by atoms with Gasteiger partial charge in [-0.15, -0.1) is 6.58 Å². The molecule has 0 radical (unpaired) electrons. The molecule has 0 aromatic rings. The third kappa shape index (κ3) is 6.01. The molecule has 0 heterocycles. The summed E-state index contributed by atoms with van der Waals surface area (Å²) in [6, 6.07) is 0. The molecule has 0 bridgehead atoms. The van der Waals surface area contributed by atoms with Crippen LogP contribution in [0.15, 0.2) is 24.8 Å². The fourth-order valence-electron chi connectivity index (χ4n) is 4.41. The quantitative estimate of drug-likeness (QED) is 0.446. The zero-order valence-electron chi connectivity index (χ0n) is 14.2.